The molecule has 0 fully saturated rings. The van der Waals surface area contributed by atoms with E-state index in [1.165, 1.54) is 0 Å². The average Bonchev–Trinajstić information content (AvgIpc) is 3.01. The van der Waals surface area contributed by atoms with Gasteiger partial charge < -0.3 is 10.1 Å². The van der Waals surface area contributed by atoms with Gasteiger partial charge in [0.2, 0.25) is 0 Å². The molecule has 3 rings (SSSR count). The van der Waals surface area contributed by atoms with Crippen molar-refractivity contribution in [1.82, 2.24) is 4.98 Å². The third-order valence-electron chi connectivity index (χ3n) is 3.81. The van der Waals surface area contributed by atoms with Crippen molar-refractivity contribution in [3.63, 3.8) is 0 Å². The Kier molecular flexibility index (Phi) is 4.87. The van der Waals surface area contributed by atoms with Crippen LogP contribution >= 0.6 is 0 Å². The molecule has 0 saturated carbocycles. The van der Waals surface area contributed by atoms with Gasteiger partial charge in [0.1, 0.15) is 5.71 Å². The number of hydrogen-bond acceptors (Lipinski definition) is 2. The predicted molar refractivity (Wildman–Crippen MR) is 96.4 cm³/mol. The molecule has 1 heterocycles. The van der Waals surface area contributed by atoms with Crippen LogP contribution in [0.5, 0.6) is 0 Å². The molecule has 0 amide bonds. The molecule has 0 aliphatic heterocycles. The molecule has 4 heteroatoms. The van der Waals surface area contributed by atoms with E-state index in [2.05, 4.69) is 9.98 Å². The number of carbonyl (C=O) groups is 1. The summed E-state index contributed by atoms with van der Waals surface area (Å²) in [6.07, 6.45) is 6.30. The maximum atomic E-state index is 11.5. The number of aromatic nitrogens is 1. The lowest BCUT2D eigenvalue weighted by Gasteiger charge is -2.00. The fourth-order valence-corrected chi connectivity index (χ4v) is 2.58. The number of para-hydroxylation sites is 1. The maximum Gasteiger partial charge on any atom is 0.350 e. The van der Waals surface area contributed by atoms with Gasteiger partial charge in [-0.25, -0.2) is 4.79 Å². The minimum atomic E-state index is -0.996. The van der Waals surface area contributed by atoms with Crippen LogP contribution in [0.1, 0.15) is 11.1 Å². The van der Waals surface area contributed by atoms with Crippen LogP contribution in [0.4, 0.5) is 0 Å². The first kappa shape index (κ1) is 15.7. The third-order valence-corrected chi connectivity index (χ3v) is 3.81. The van der Waals surface area contributed by atoms with Crippen LogP contribution in [-0.4, -0.2) is 21.8 Å². The van der Waals surface area contributed by atoms with E-state index in [0.717, 1.165) is 28.5 Å². The molecule has 120 valence electrons. The smallest absolute Gasteiger partial charge is 0.350 e. The Morgan fingerprint density at radius 1 is 1.08 bits per heavy atom. The summed E-state index contributed by atoms with van der Waals surface area (Å²) in [5.41, 5.74) is 3.22. The average molecular weight is 318 g/mol. The number of fused-ring (bicyclic) bond motifs is 1. The van der Waals surface area contributed by atoms with E-state index in [9.17, 15) is 9.90 Å². The van der Waals surface area contributed by atoms with Crippen LogP contribution in [0.15, 0.2) is 78.1 Å². The van der Waals surface area contributed by atoms with Crippen LogP contribution < -0.4 is 0 Å². The van der Waals surface area contributed by atoms with Crippen molar-refractivity contribution in [1.29, 1.82) is 0 Å². The van der Waals surface area contributed by atoms with Crippen molar-refractivity contribution in [3.8, 4) is 0 Å². The first-order chi connectivity index (χ1) is 11.7. The SMILES string of the molecule is O=C(O)C(Cc1c[nH]c2ccccc12)=NC=CCc1ccccc1. The molecule has 0 atom stereocenters. The molecule has 2 N–H and O–H groups in total. The Balaban J connectivity index is 1.73. The van der Waals surface area contributed by atoms with Gasteiger partial charge in [-0.1, -0.05) is 54.6 Å². The molecule has 0 saturated heterocycles. The van der Waals surface area contributed by atoms with Crippen molar-refractivity contribution in [2.75, 3.05) is 0 Å². The quantitative estimate of drug-likeness (QED) is 0.675. The van der Waals surface area contributed by atoms with E-state index in [1.807, 2.05) is 66.9 Å². The topological polar surface area (TPSA) is 65.4 Å². The van der Waals surface area contributed by atoms with Gasteiger partial charge in [-0.05, 0) is 23.6 Å². The number of nitrogens with zero attached hydrogens (tertiary/aromatic N) is 1. The molecule has 0 radical (unpaired) electrons. The molecule has 0 aliphatic rings. The van der Waals surface area contributed by atoms with Crippen LogP contribution in [-0.2, 0) is 17.6 Å². The van der Waals surface area contributed by atoms with Crippen LogP contribution in [0.3, 0.4) is 0 Å². The van der Waals surface area contributed by atoms with Crippen molar-refractivity contribution >= 4 is 22.6 Å². The number of aromatic amines is 1. The zero-order valence-corrected chi connectivity index (χ0v) is 13.1. The molecule has 4 nitrogen and oxygen atoms in total. The maximum absolute atomic E-state index is 11.5. The lowest BCUT2D eigenvalue weighted by Crippen LogP contribution is -2.15. The van der Waals surface area contributed by atoms with E-state index < -0.39 is 5.97 Å². The zero-order valence-electron chi connectivity index (χ0n) is 13.1. The number of carboxylic acid groups (broad SMARTS) is 1. The second-order valence-corrected chi connectivity index (χ2v) is 5.49. The second kappa shape index (κ2) is 7.42. The largest absolute Gasteiger partial charge is 0.477 e. The Hall–Kier alpha value is -3.14. The summed E-state index contributed by atoms with van der Waals surface area (Å²) >= 11 is 0. The summed E-state index contributed by atoms with van der Waals surface area (Å²) in [5.74, 6) is -0.996. The Morgan fingerprint density at radius 3 is 2.62 bits per heavy atom. The first-order valence-corrected chi connectivity index (χ1v) is 7.78. The number of nitrogens with one attached hydrogen (secondary N) is 1. The lowest BCUT2D eigenvalue weighted by atomic mass is 10.1. The van der Waals surface area contributed by atoms with E-state index >= 15 is 0 Å². The normalized spacial score (nSPS) is 12.1. The van der Waals surface area contributed by atoms with E-state index in [4.69, 9.17) is 0 Å². The van der Waals surface area contributed by atoms with Crippen molar-refractivity contribution < 1.29 is 9.90 Å². The summed E-state index contributed by atoms with van der Waals surface area (Å²) in [6, 6.07) is 17.8. The number of aliphatic carboxylic acids is 1. The number of benzene rings is 2. The highest BCUT2D eigenvalue weighted by molar-refractivity contribution is 6.36. The zero-order chi connectivity index (χ0) is 16.8. The molecule has 2 aromatic carbocycles. The predicted octanol–water partition coefficient (Wildman–Crippen LogP) is 3.99. The third kappa shape index (κ3) is 3.79. The van der Waals surface area contributed by atoms with Crippen LogP contribution in [0.2, 0.25) is 0 Å². The lowest BCUT2D eigenvalue weighted by molar-refractivity contribution is -0.129. The number of rotatable bonds is 6. The van der Waals surface area contributed by atoms with E-state index in [0.29, 0.717) is 0 Å². The standard InChI is InChI=1S/C20H18N2O2/c23-20(24)19(21-12-6-9-15-7-2-1-3-8-15)13-16-14-22-18-11-5-4-10-17(16)18/h1-8,10-12,14,22H,9,13H2,(H,23,24). The number of hydrogen-bond donors (Lipinski definition) is 2. The fourth-order valence-electron chi connectivity index (χ4n) is 2.58. The molecule has 0 aliphatic carbocycles. The molecule has 24 heavy (non-hydrogen) atoms. The fraction of sp³-hybridized carbons (Fsp3) is 0.100. The van der Waals surface area contributed by atoms with Gasteiger partial charge in [0, 0.05) is 29.7 Å². The van der Waals surface area contributed by atoms with Crippen molar-refractivity contribution in [2.24, 2.45) is 4.99 Å². The summed E-state index contributed by atoms with van der Waals surface area (Å²) in [6.45, 7) is 0. The van der Waals surface area contributed by atoms with Crippen molar-refractivity contribution in [2.45, 2.75) is 12.8 Å². The summed E-state index contributed by atoms with van der Waals surface area (Å²) in [7, 11) is 0. The second-order valence-electron chi connectivity index (χ2n) is 5.49. The van der Waals surface area contributed by atoms with Gasteiger partial charge in [0.15, 0.2) is 0 Å². The Labute approximate surface area is 140 Å². The minimum Gasteiger partial charge on any atom is -0.477 e. The van der Waals surface area contributed by atoms with Crippen molar-refractivity contribution in [3.05, 3.63) is 84.2 Å². The van der Waals surface area contributed by atoms with E-state index in [-0.39, 0.29) is 12.1 Å². The molecule has 3 aromatic rings. The van der Waals surface area contributed by atoms with E-state index in [1.54, 1.807) is 6.20 Å². The van der Waals surface area contributed by atoms with Gasteiger partial charge in [0.05, 0.1) is 0 Å². The van der Waals surface area contributed by atoms with Gasteiger partial charge in [-0.15, -0.1) is 0 Å². The highest BCUT2D eigenvalue weighted by Crippen LogP contribution is 2.18. The highest BCUT2D eigenvalue weighted by Gasteiger charge is 2.12. The molecule has 0 unspecified atom stereocenters. The number of allylic oxidation sites excluding steroid dienone is 1. The number of H-pyrrole nitrogens is 1. The molecular weight excluding hydrogens is 300 g/mol. The molecule has 0 bridgehead atoms. The Morgan fingerprint density at radius 2 is 1.83 bits per heavy atom. The summed E-state index contributed by atoms with van der Waals surface area (Å²) in [4.78, 5) is 18.7. The van der Waals surface area contributed by atoms with Crippen LogP contribution in [0, 0.1) is 0 Å². The number of aliphatic imine (C=N–C) groups is 1. The number of carboxylic acids is 1. The van der Waals surface area contributed by atoms with Gasteiger partial charge in [-0.2, -0.15) is 0 Å². The Bertz CT molecular complexity index is 892. The van der Waals surface area contributed by atoms with Gasteiger partial charge in [0.25, 0.3) is 0 Å². The summed E-state index contributed by atoms with van der Waals surface area (Å²) < 4.78 is 0. The van der Waals surface area contributed by atoms with Gasteiger partial charge in [-0.3, -0.25) is 4.99 Å². The van der Waals surface area contributed by atoms with Crippen LogP contribution in [0.25, 0.3) is 10.9 Å². The summed E-state index contributed by atoms with van der Waals surface area (Å²) in [5, 5.41) is 10.4. The molecular formula is C20H18N2O2. The molecule has 0 spiro atoms. The van der Waals surface area contributed by atoms with Gasteiger partial charge >= 0.3 is 5.97 Å². The first-order valence-electron chi connectivity index (χ1n) is 7.78. The highest BCUT2D eigenvalue weighted by atomic mass is 16.4. The molecule has 1 aromatic heterocycles. The monoisotopic (exact) mass is 318 g/mol. The minimum absolute atomic E-state index is 0.129.